The monoisotopic (exact) mass is 251 g/mol. The first-order valence-corrected chi connectivity index (χ1v) is 7.69. The van der Waals surface area contributed by atoms with E-state index in [-0.39, 0.29) is 0 Å². The second kappa shape index (κ2) is 6.44. The van der Waals surface area contributed by atoms with Crippen molar-refractivity contribution in [1.82, 2.24) is 10.6 Å². The molecule has 0 spiro atoms. The number of aliphatic imine (C=N–C) groups is 1. The van der Waals surface area contributed by atoms with E-state index in [1.54, 1.807) is 0 Å². The zero-order chi connectivity index (χ0) is 12.8. The predicted molar refractivity (Wildman–Crippen MR) is 77.9 cm³/mol. The molecule has 0 amide bonds. The van der Waals surface area contributed by atoms with Crippen LogP contribution in [0.2, 0.25) is 0 Å². The van der Waals surface area contributed by atoms with Crippen LogP contribution in [0.15, 0.2) is 4.99 Å². The van der Waals surface area contributed by atoms with E-state index in [1.165, 1.54) is 57.8 Å². The van der Waals surface area contributed by atoms with E-state index >= 15 is 0 Å². The Morgan fingerprint density at radius 1 is 1.11 bits per heavy atom. The van der Waals surface area contributed by atoms with Crippen molar-refractivity contribution in [2.45, 2.75) is 70.8 Å². The zero-order valence-electron chi connectivity index (χ0n) is 12.1. The van der Waals surface area contributed by atoms with Gasteiger partial charge in [-0.25, -0.2) is 0 Å². The van der Waals surface area contributed by atoms with E-state index in [1.807, 2.05) is 7.05 Å². The minimum absolute atomic E-state index is 0.490. The van der Waals surface area contributed by atoms with Gasteiger partial charge in [-0.15, -0.1) is 0 Å². The van der Waals surface area contributed by atoms with Gasteiger partial charge in [0.2, 0.25) is 0 Å². The maximum atomic E-state index is 4.37. The largest absolute Gasteiger partial charge is 0.356 e. The molecule has 3 nitrogen and oxygen atoms in total. The van der Waals surface area contributed by atoms with Gasteiger partial charge in [0.1, 0.15) is 0 Å². The van der Waals surface area contributed by atoms with Gasteiger partial charge in [-0.2, -0.15) is 0 Å². The summed E-state index contributed by atoms with van der Waals surface area (Å²) in [4.78, 5) is 4.37. The Balaban J connectivity index is 1.75. The summed E-state index contributed by atoms with van der Waals surface area (Å²) in [5.74, 6) is 1.01. The topological polar surface area (TPSA) is 36.4 Å². The first-order valence-electron chi connectivity index (χ1n) is 7.69. The Labute approximate surface area is 112 Å². The molecular weight excluding hydrogens is 222 g/mol. The number of hydrogen-bond donors (Lipinski definition) is 2. The molecule has 0 atom stereocenters. The van der Waals surface area contributed by atoms with E-state index in [2.05, 4.69) is 22.5 Å². The van der Waals surface area contributed by atoms with Crippen molar-refractivity contribution in [2.75, 3.05) is 13.6 Å². The lowest BCUT2D eigenvalue weighted by Crippen LogP contribution is -2.46. The van der Waals surface area contributed by atoms with Crippen molar-refractivity contribution in [2.24, 2.45) is 10.4 Å². The van der Waals surface area contributed by atoms with E-state index < -0.39 is 0 Å². The second-order valence-corrected chi connectivity index (χ2v) is 6.42. The van der Waals surface area contributed by atoms with Crippen LogP contribution >= 0.6 is 0 Å². The molecule has 0 bridgehead atoms. The molecule has 0 unspecified atom stereocenters. The van der Waals surface area contributed by atoms with Gasteiger partial charge in [-0.1, -0.05) is 39.0 Å². The molecule has 3 heteroatoms. The molecule has 0 heterocycles. The van der Waals surface area contributed by atoms with Crippen LogP contribution in [0.5, 0.6) is 0 Å². The quantitative estimate of drug-likeness (QED) is 0.597. The van der Waals surface area contributed by atoms with Gasteiger partial charge in [0.15, 0.2) is 5.96 Å². The number of hydrogen-bond acceptors (Lipinski definition) is 1. The molecule has 2 saturated carbocycles. The Kier molecular flexibility index (Phi) is 4.90. The summed E-state index contributed by atoms with van der Waals surface area (Å²) in [6.45, 7) is 3.47. The third kappa shape index (κ3) is 3.89. The molecule has 2 N–H and O–H groups in total. The van der Waals surface area contributed by atoms with Gasteiger partial charge in [0.25, 0.3) is 0 Å². The number of rotatable bonds is 3. The number of guanidine groups is 1. The third-order valence-corrected chi connectivity index (χ3v) is 4.66. The summed E-state index contributed by atoms with van der Waals surface area (Å²) in [6.07, 6.45) is 12.3. The summed E-state index contributed by atoms with van der Waals surface area (Å²) in [6, 6.07) is 0.640. The van der Waals surface area contributed by atoms with E-state index in [0.29, 0.717) is 11.5 Å². The van der Waals surface area contributed by atoms with Crippen LogP contribution in [-0.4, -0.2) is 25.6 Å². The second-order valence-electron chi connectivity index (χ2n) is 6.42. The third-order valence-electron chi connectivity index (χ3n) is 4.66. The van der Waals surface area contributed by atoms with Gasteiger partial charge in [-0.05, 0) is 31.1 Å². The highest BCUT2D eigenvalue weighted by atomic mass is 15.2. The van der Waals surface area contributed by atoms with Crippen molar-refractivity contribution in [1.29, 1.82) is 0 Å². The first-order chi connectivity index (χ1) is 8.72. The highest BCUT2D eigenvalue weighted by molar-refractivity contribution is 5.80. The van der Waals surface area contributed by atoms with E-state index in [4.69, 9.17) is 0 Å². The van der Waals surface area contributed by atoms with Crippen molar-refractivity contribution < 1.29 is 0 Å². The molecule has 0 radical (unpaired) electrons. The van der Waals surface area contributed by atoms with Gasteiger partial charge in [0.05, 0.1) is 0 Å². The van der Waals surface area contributed by atoms with Gasteiger partial charge < -0.3 is 10.6 Å². The minimum Gasteiger partial charge on any atom is -0.356 e. The zero-order valence-corrected chi connectivity index (χ0v) is 12.1. The maximum Gasteiger partial charge on any atom is 0.191 e. The van der Waals surface area contributed by atoms with Crippen molar-refractivity contribution in [3.8, 4) is 0 Å². The van der Waals surface area contributed by atoms with Crippen molar-refractivity contribution in [3.05, 3.63) is 0 Å². The summed E-state index contributed by atoms with van der Waals surface area (Å²) >= 11 is 0. The molecular formula is C15H29N3. The van der Waals surface area contributed by atoms with Gasteiger partial charge in [0, 0.05) is 19.6 Å². The van der Waals surface area contributed by atoms with Crippen LogP contribution < -0.4 is 10.6 Å². The van der Waals surface area contributed by atoms with Gasteiger partial charge in [-0.3, -0.25) is 4.99 Å². The molecule has 0 aromatic heterocycles. The maximum absolute atomic E-state index is 4.37. The Morgan fingerprint density at radius 2 is 1.78 bits per heavy atom. The summed E-state index contributed by atoms with van der Waals surface area (Å²) in [5.41, 5.74) is 0.490. The molecule has 2 fully saturated rings. The lowest BCUT2D eigenvalue weighted by molar-refractivity contribution is 0.331. The smallest absolute Gasteiger partial charge is 0.191 e. The average Bonchev–Trinajstić information content (AvgIpc) is 2.83. The number of nitrogens with one attached hydrogen (secondary N) is 2. The van der Waals surface area contributed by atoms with E-state index in [0.717, 1.165) is 12.5 Å². The van der Waals surface area contributed by atoms with Gasteiger partial charge >= 0.3 is 0 Å². The summed E-state index contributed by atoms with van der Waals surface area (Å²) in [7, 11) is 1.88. The standard InChI is InChI=1S/C15H29N3/c1-15(10-6-7-11-15)12-17-14(16-2)18-13-8-4-3-5-9-13/h13H,3-12H2,1-2H3,(H2,16,17,18). The van der Waals surface area contributed by atoms with Crippen molar-refractivity contribution in [3.63, 3.8) is 0 Å². The molecule has 0 aromatic carbocycles. The number of nitrogens with zero attached hydrogens (tertiary/aromatic N) is 1. The fourth-order valence-electron chi connectivity index (χ4n) is 3.34. The van der Waals surface area contributed by atoms with Crippen LogP contribution in [-0.2, 0) is 0 Å². The van der Waals surface area contributed by atoms with Crippen LogP contribution in [0.3, 0.4) is 0 Å². The van der Waals surface area contributed by atoms with Crippen LogP contribution in [0, 0.1) is 5.41 Å². The Bertz CT molecular complexity index is 273. The molecule has 0 aromatic rings. The molecule has 2 aliphatic carbocycles. The molecule has 2 rings (SSSR count). The van der Waals surface area contributed by atoms with E-state index in [9.17, 15) is 0 Å². The predicted octanol–water partition coefficient (Wildman–Crippen LogP) is 3.06. The Morgan fingerprint density at radius 3 is 2.39 bits per heavy atom. The molecule has 2 aliphatic rings. The molecule has 18 heavy (non-hydrogen) atoms. The first kappa shape index (κ1) is 13.7. The van der Waals surface area contributed by atoms with Crippen LogP contribution in [0.4, 0.5) is 0 Å². The highest BCUT2D eigenvalue weighted by Crippen LogP contribution is 2.36. The minimum atomic E-state index is 0.490. The summed E-state index contributed by atoms with van der Waals surface area (Å²) < 4.78 is 0. The highest BCUT2D eigenvalue weighted by Gasteiger charge is 2.28. The Hall–Kier alpha value is -0.730. The average molecular weight is 251 g/mol. The molecule has 104 valence electrons. The normalized spacial score (nSPS) is 25.1. The summed E-state index contributed by atoms with van der Waals surface area (Å²) in [5, 5.41) is 7.12. The molecule has 0 aliphatic heterocycles. The molecule has 0 saturated heterocycles. The SMILES string of the molecule is CN=C(NCC1(C)CCCC1)NC1CCCCC1. The lowest BCUT2D eigenvalue weighted by Gasteiger charge is -2.28. The fourth-order valence-corrected chi connectivity index (χ4v) is 3.34. The van der Waals surface area contributed by atoms with Crippen LogP contribution in [0.25, 0.3) is 0 Å². The lowest BCUT2D eigenvalue weighted by atomic mass is 9.89. The van der Waals surface area contributed by atoms with Crippen molar-refractivity contribution >= 4 is 5.96 Å². The fraction of sp³-hybridized carbons (Fsp3) is 0.933. The van der Waals surface area contributed by atoms with Crippen LogP contribution in [0.1, 0.15) is 64.7 Å².